The molecular formula is C10H11FI. The first-order valence-corrected chi connectivity index (χ1v) is 4.88. The first-order chi connectivity index (χ1) is 5.65. The Morgan fingerprint density at radius 1 is 1.50 bits per heavy atom. The van der Waals surface area contributed by atoms with Gasteiger partial charge in [0.2, 0.25) is 0 Å². The minimum atomic E-state index is -0.361. The van der Waals surface area contributed by atoms with Crippen LogP contribution in [0.15, 0.2) is 18.2 Å². The zero-order chi connectivity index (χ0) is 9.14. The largest absolute Gasteiger partial charge is 0.250 e. The number of hydrogen-bond acceptors (Lipinski definition) is 0. The molecule has 0 aliphatic heterocycles. The molecule has 1 rings (SSSR count). The van der Waals surface area contributed by atoms with E-state index < -0.39 is 0 Å². The number of rotatable bonds is 2. The van der Waals surface area contributed by atoms with Gasteiger partial charge in [0.15, 0.2) is 0 Å². The van der Waals surface area contributed by atoms with Crippen LogP contribution in [-0.4, -0.2) is 6.67 Å². The molecule has 0 saturated carbocycles. The van der Waals surface area contributed by atoms with Gasteiger partial charge in [0.1, 0.15) is 0 Å². The molecule has 0 unspecified atom stereocenters. The van der Waals surface area contributed by atoms with Crippen LogP contribution in [0.3, 0.4) is 0 Å². The first kappa shape index (κ1) is 9.96. The molecule has 1 radical (unpaired) electrons. The second kappa shape index (κ2) is 4.21. The monoisotopic (exact) mass is 277 g/mol. The van der Waals surface area contributed by atoms with Crippen LogP contribution >= 0.6 is 22.6 Å². The van der Waals surface area contributed by atoms with E-state index in [0.29, 0.717) is 0 Å². The molecule has 0 aromatic heterocycles. The predicted octanol–water partition coefficient (Wildman–Crippen LogP) is 3.51. The van der Waals surface area contributed by atoms with E-state index in [9.17, 15) is 4.39 Å². The highest BCUT2D eigenvalue weighted by atomic mass is 127. The summed E-state index contributed by atoms with van der Waals surface area (Å²) in [6.45, 7) is 3.50. The van der Waals surface area contributed by atoms with Crippen molar-refractivity contribution in [2.75, 3.05) is 6.67 Å². The molecule has 0 atom stereocenters. The third kappa shape index (κ3) is 2.19. The van der Waals surface area contributed by atoms with Crippen molar-refractivity contribution in [3.8, 4) is 0 Å². The van der Waals surface area contributed by atoms with Crippen LogP contribution in [0.2, 0.25) is 0 Å². The average molecular weight is 277 g/mol. The Labute approximate surface area is 86.3 Å². The third-order valence-corrected chi connectivity index (χ3v) is 3.06. The van der Waals surface area contributed by atoms with E-state index >= 15 is 0 Å². The Morgan fingerprint density at radius 3 is 2.67 bits per heavy atom. The molecule has 0 fully saturated rings. The summed E-state index contributed by atoms with van der Waals surface area (Å²) >= 11 is 2.27. The van der Waals surface area contributed by atoms with E-state index in [1.54, 1.807) is 0 Å². The van der Waals surface area contributed by atoms with Gasteiger partial charge >= 0.3 is 0 Å². The van der Waals surface area contributed by atoms with E-state index in [0.717, 1.165) is 11.5 Å². The fraction of sp³-hybridized carbons (Fsp3) is 0.300. The van der Waals surface area contributed by atoms with Gasteiger partial charge in [0.05, 0.1) is 6.67 Å². The molecule has 0 saturated heterocycles. The van der Waals surface area contributed by atoms with Crippen LogP contribution in [0, 0.1) is 16.4 Å². The first-order valence-electron chi connectivity index (χ1n) is 3.80. The van der Waals surface area contributed by atoms with Crippen molar-refractivity contribution in [1.82, 2.24) is 0 Å². The molecule has 0 heterocycles. The Balaban J connectivity index is 2.96. The third-order valence-electron chi connectivity index (χ3n) is 1.85. The summed E-state index contributed by atoms with van der Waals surface area (Å²) in [5.41, 5.74) is 2.22. The molecule has 1 aromatic carbocycles. The maximum Gasteiger partial charge on any atom is 0.0997 e. The van der Waals surface area contributed by atoms with E-state index in [4.69, 9.17) is 0 Å². The molecular weight excluding hydrogens is 266 g/mol. The summed E-state index contributed by atoms with van der Waals surface area (Å²) in [4.78, 5) is 0. The minimum Gasteiger partial charge on any atom is -0.250 e. The highest BCUT2D eigenvalue weighted by Gasteiger charge is 2.06. The zero-order valence-electron chi connectivity index (χ0n) is 7.20. The molecule has 12 heavy (non-hydrogen) atoms. The molecule has 0 aliphatic rings. The van der Waals surface area contributed by atoms with Gasteiger partial charge in [0, 0.05) is 9.49 Å². The Bertz CT molecular complexity index is 271. The molecule has 0 bridgehead atoms. The fourth-order valence-corrected chi connectivity index (χ4v) is 1.32. The minimum absolute atomic E-state index is 0.361. The summed E-state index contributed by atoms with van der Waals surface area (Å²) in [6, 6.07) is 6.00. The van der Waals surface area contributed by atoms with Gasteiger partial charge in [0.25, 0.3) is 0 Å². The summed E-state index contributed by atoms with van der Waals surface area (Å²) in [6.07, 6.45) is 0. The second-order valence-electron chi connectivity index (χ2n) is 2.88. The van der Waals surface area contributed by atoms with Crippen LogP contribution in [0.5, 0.6) is 0 Å². The Kier molecular flexibility index (Phi) is 3.50. The molecule has 0 nitrogen and oxygen atoms in total. The number of alkyl halides is 1. The lowest BCUT2D eigenvalue weighted by Crippen LogP contribution is -1.97. The van der Waals surface area contributed by atoms with Gasteiger partial charge in [-0.25, -0.2) is 0 Å². The molecule has 0 amide bonds. The predicted molar refractivity (Wildman–Crippen MR) is 57.9 cm³/mol. The lowest BCUT2D eigenvalue weighted by atomic mass is 10.0. The number of benzene rings is 1. The van der Waals surface area contributed by atoms with Gasteiger partial charge in [-0.1, -0.05) is 19.1 Å². The van der Waals surface area contributed by atoms with E-state index in [2.05, 4.69) is 22.6 Å². The lowest BCUT2D eigenvalue weighted by molar-refractivity contribution is 0.516. The van der Waals surface area contributed by atoms with Crippen LogP contribution in [0.25, 0.3) is 0 Å². The van der Waals surface area contributed by atoms with Gasteiger partial charge in [-0.3, -0.25) is 4.39 Å². The standard InChI is InChI=1S/C10H11FI/c1-7-5-9(8(2)6-11)3-4-10(7)12/h3-5H,6H2,1-2H3. The lowest BCUT2D eigenvalue weighted by Gasteiger charge is -2.07. The summed E-state index contributed by atoms with van der Waals surface area (Å²) in [5, 5.41) is 0. The zero-order valence-corrected chi connectivity index (χ0v) is 9.35. The molecule has 2 heteroatoms. The molecule has 0 spiro atoms. The topological polar surface area (TPSA) is 0 Å². The number of aryl methyl sites for hydroxylation is 1. The maximum atomic E-state index is 12.3. The quantitative estimate of drug-likeness (QED) is 0.726. The summed E-state index contributed by atoms with van der Waals surface area (Å²) in [7, 11) is 0. The van der Waals surface area contributed by atoms with Crippen molar-refractivity contribution in [3.05, 3.63) is 38.8 Å². The van der Waals surface area contributed by atoms with Crippen molar-refractivity contribution in [1.29, 1.82) is 0 Å². The van der Waals surface area contributed by atoms with Crippen LogP contribution < -0.4 is 0 Å². The van der Waals surface area contributed by atoms with Gasteiger partial charge < -0.3 is 0 Å². The maximum absolute atomic E-state index is 12.3. The molecule has 0 N–H and O–H groups in total. The van der Waals surface area contributed by atoms with Crippen molar-refractivity contribution < 1.29 is 4.39 Å². The molecule has 65 valence electrons. The van der Waals surface area contributed by atoms with Crippen LogP contribution in [-0.2, 0) is 0 Å². The second-order valence-corrected chi connectivity index (χ2v) is 4.04. The number of hydrogen-bond donors (Lipinski definition) is 0. The molecule has 1 aromatic rings. The van der Waals surface area contributed by atoms with E-state index in [1.165, 1.54) is 9.13 Å². The SMILES string of the molecule is C[C](CF)c1ccc(I)c(C)c1. The Hall–Kier alpha value is -0.120. The number of halogens is 2. The van der Waals surface area contributed by atoms with Crippen molar-refractivity contribution in [2.45, 2.75) is 13.8 Å². The summed E-state index contributed by atoms with van der Waals surface area (Å²) in [5.74, 6) is 0.800. The highest BCUT2D eigenvalue weighted by Crippen LogP contribution is 2.19. The normalized spacial score (nSPS) is 10.8. The summed E-state index contributed by atoms with van der Waals surface area (Å²) < 4.78 is 13.5. The van der Waals surface area contributed by atoms with Crippen molar-refractivity contribution >= 4 is 22.6 Å². The highest BCUT2D eigenvalue weighted by molar-refractivity contribution is 14.1. The fourth-order valence-electron chi connectivity index (χ4n) is 0.987. The molecule has 0 aliphatic carbocycles. The smallest absolute Gasteiger partial charge is 0.0997 e. The van der Waals surface area contributed by atoms with Gasteiger partial charge in [-0.05, 0) is 46.7 Å². The van der Waals surface area contributed by atoms with Gasteiger partial charge in [-0.2, -0.15) is 0 Å². The van der Waals surface area contributed by atoms with Crippen molar-refractivity contribution in [3.63, 3.8) is 0 Å². The van der Waals surface area contributed by atoms with E-state index in [-0.39, 0.29) is 6.67 Å². The van der Waals surface area contributed by atoms with Gasteiger partial charge in [-0.15, -0.1) is 0 Å². The van der Waals surface area contributed by atoms with Crippen molar-refractivity contribution in [2.24, 2.45) is 0 Å². The average Bonchev–Trinajstić information content (AvgIpc) is 2.08. The van der Waals surface area contributed by atoms with E-state index in [1.807, 2.05) is 32.0 Å². The van der Waals surface area contributed by atoms with Crippen LogP contribution in [0.1, 0.15) is 18.1 Å². The van der Waals surface area contributed by atoms with Crippen LogP contribution in [0.4, 0.5) is 4.39 Å². The Morgan fingerprint density at radius 2 is 2.17 bits per heavy atom.